The number of ketones is 1. The van der Waals surface area contributed by atoms with Crippen molar-refractivity contribution in [3.05, 3.63) is 59.2 Å². The van der Waals surface area contributed by atoms with Crippen LogP contribution in [0.5, 0.6) is 0 Å². The third kappa shape index (κ3) is 6.29. The average Bonchev–Trinajstić information content (AvgIpc) is 3.56. The third-order valence-corrected chi connectivity index (χ3v) is 12.7. The Morgan fingerprint density at radius 2 is 1.65 bits per heavy atom. The zero-order chi connectivity index (χ0) is 37.5. The number of fused-ring (bicyclic) bond motifs is 3. The van der Waals surface area contributed by atoms with Gasteiger partial charge in [0.1, 0.15) is 36.6 Å². The lowest BCUT2D eigenvalue weighted by molar-refractivity contribution is -0.192. The molecule has 1 spiro atoms. The van der Waals surface area contributed by atoms with Crippen LogP contribution in [0.3, 0.4) is 0 Å². The van der Waals surface area contributed by atoms with Gasteiger partial charge in [0.05, 0.1) is 16.9 Å². The molecule has 0 saturated heterocycles. The smallest absolute Gasteiger partial charge is 0.338 e. The molecule has 10 heteroatoms. The van der Waals surface area contributed by atoms with E-state index >= 15 is 4.79 Å². The van der Waals surface area contributed by atoms with E-state index in [1.807, 2.05) is 20.8 Å². The first-order chi connectivity index (χ1) is 24.0. The standard InChI is InChI=1S/C41H56O10/c1-8-9-10-11-15-18-31(42)51-40-21-26(5)39-20-25(4)33(43)41(39,48)34(44)29(22-49-36(46)27(6)24(2)3)19-30(35(39)45)32(40)38(40,7)23-50-37(47)28-16-13-12-14-17-28/h12-14,16-17,19-20,24,26-27,30,32-34,43-44,48H,8-11,15,18,21-23H2,1-7H3/t26-,27?,30+,32-,33+,34-,38+,39+,40+,41-/m1/s1. The van der Waals surface area contributed by atoms with Crippen molar-refractivity contribution >= 4 is 23.7 Å². The Bertz CT molecular complexity index is 1560. The highest BCUT2D eigenvalue weighted by molar-refractivity contribution is 5.96. The number of hydrogen-bond donors (Lipinski definition) is 3. The maximum Gasteiger partial charge on any atom is 0.338 e. The number of benzene rings is 1. The molecule has 0 heterocycles. The molecule has 1 aromatic carbocycles. The van der Waals surface area contributed by atoms with E-state index < -0.39 is 88.2 Å². The van der Waals surface area contributed by atoms with E-state index in [2.05, 4.69) is 6.92 Å². The number of carbonyl (C=O) groups excluding carboxylic acids is 4. The van der Waals surface area contributed by atoms with Crippen molar-refractivity contribution in [3.63, 3.8) is 0 Å². The number of aliphatic hydroxyl groups excluding tert-OH is 2. The minimum Gasteiger partial charge on any atom is -0.461 e. The summed E-state index contributed by atoms with van der Waals surface area (Å²) in [4.78, 5) is 55.0. The van der Waals surface area contributed by atoms with Crippen LogP contribution in [0.1, 0.15) is 104 Å². The molecule has 1 unspecified atom stereocenters. The number of hydrogen-bond acceptors (Lipinski definition) is 10. The quantitative estimate of drug-likeness (QED) is 0.0973. The van der Waals surface area contributed by atoms with Gasteiger partial charge < -0.3 is 29.5 Å². The zero-order valence-corrected chi connectivity index (χ0v) is 31.1. The maximum absolute atomic E-state index is 15.1. The van der Waals surface area contributed by atoms with Crippen LogP contribution in [0.25, 0.3) is 0 Å². The fraction of sp³-hybridized carbons (Fsp3) is 0.659. The lowest BCUT2D eigenvalue weighted by atomic mass is 9.59. The number of allylic oxidation sites excluding steroid dienone is 1. The molecule has 4 aliphatic carbocycles. The summed E-state index contributed by atoms with van der Waals surface area (Å²) in [6, 6.07) is 8.53. The molecule has 1 aromatic rings. The van der Waals surface area contributed by atoms with Crippen molar-refractivity contribution < 1.29 is 48.7 Å². The summed E-state index contributed by atoms with van der Waals surface area (Å²) in [7, 11) is 0. The number of carbonyl (C=O) groups is 4. The molecule has 2 fully saturated rings. The van der Waals surface area contributed by atoms with Crippen molar-refractivity contribution in [2.75, 3.05) is 13.2 Å². The Morgan fingerprint density at radius 3 is 2.29 bits per heavy atom. The Kier molecular flexibility index (Phi) is 11.1. The molecule has 0 aliphatic heterocycles. The maximum atomic E-state index is 15.1. The summed E-state index contributed by atoms with van der Waals surface area (Å²) in [5, 5.41) is 36.1. The number of unbranched alkanes of at least 4 members (excludes halogenated alkanes) is 4. The van der Waals surface area contributed by atoms with Crippen molar-refractivity contribution in [3.8, 4) is 0 Å². The van der Waals surface area contributed by atoms with Gasteiger partial charge in [-0.15, -0.1) is 0 Å². The second kappa shape index (κ2) is 14.6. The molecule has 5 rings (SSSR count). The molecule has 0 aromatic heterocycles. The van der Waals surface area contributed by atoms with Gasteiger partial charge in [-0.25, -0.2) is 4.79 Å². The fourth-order valence-electron chi connectivity index (χ4n) is 9.30. The van der Waals surface area contributed by atoms with Crippen LogP contribution < -0.4 is 0 Å². The van der Waals surface area contributed by atoms with Gasteiger partial charge in [0.2, 0.25) is 0 Å². The molecule has 280 valence electrons. The van der Waals surface area contributed by atoms with Gasteiger partial charge in [0.15, 0.2) is 5.78 Å². The van der Waals surface area contributed by atoms with Crippen LogP contribution in [-0.4, -0.2) is 75.6 Å². The van der Waals surface area contributed by atoms with Gasteiger partial charge >= 0.3 is 17.9 Å². The predicted molar refractivity (Wildman–Crippen MR) is 189 cm³/mol. The minimum absolute atomic E-state index is 0.0145. The van der Waals surface area contributed by atoms with Gasteiger partial charge in [-0.1, -0.05) is 97.6 Å². The lowest BCUT2D eigenvalue weighted by Gasteiger charge is -2.48. The molecule has 0 radical (unpaired) electrons. The van der Waals surface area contributed by atoms with Gasteiger partial charge in [-0.2, -0.15) is 0 Å². The average molecular weight is 709 g/mol. The normalized spacial score (nSPS) is 35.7. The summed E-state index contributed by atoms with van der Waals surface area (Å²) in [6.45, 7) is 12.3. The second-order valence-corrected chi connectivity index (χ2v) is 16.1. The Morgan fingerprint density at radius 1 is 0.980 bits per heavy atom. The zero-order valence-electron chi connectivity index (χ0n) is 31.1. The SMILES string of the molecule is CCCCCCCC(=O)O[C@@]12C[C@@H](C)[C@]34C=C(C)[C@H](O)[C@@]3(O)[C@H](O)C(COC(=O)C(C)C(C)C)=C[C@H](C4=O)[C@@H]1[C@]2(C)COC(=O)c1ccccc1. The molecule has 0 amide bonds. The molecule has 10 atom stereocenters. The summed E-state index contributed by atoms with van der Waals surface area (Å²) < 4.78 is 18.1. The van der Waals surface area contributed by atoms with Crippen molar-refractivity contribution in [2.24, 2.45) is 40.4 Å². The lowest BCUT2D eigenvalue weighted by Crippen LogP contribution is -2.65. The van der Waals surface area contributed by atoms with E-state index in [1.54, 1.807) is 57.2 Å². The molecule has 2 bridgehead atoms. The number of esters is 3. The van der Waals surface area contributed by atoms with E-state index in [0.717, 1.165) is 25.7 Å². The first kappa shape index (κ1) is 38.9. The largest absolute Gasteiger partial charge is 0.461 e. The van der Waals surface area contributed by atoms with Gasteiger partial charge in [0.25, 0.3) is 0 Å². The van der Waals surface area contributed by atoms with Gasteiger partial charge in [-0.3, -0.25) is 14.4 Å². The topological polar surface area (TPSA) is 157 Å². The highest BCUT2D eigenvalue weighted by Gasteiger charge is 2.85. The van der Waals surface area contributed by atoms with Crippen LogP contribution in [0, 0.1) is 40.4 Å². The molecule has 2 saturated carbocycles. The molecule has 51 heavy (non-hydrogen) atoms. The van der Waals surface area contributed by atoms with Crippen LogP contribution in [0.4, 0.5) is 0 Å². The number of rotatable bonds is 14. The van der Waals surface area contributed by atoms with E-state index in [-0.39, 0.29) is 30.9 Å². The van der Waals surface area contributed by atoms with Gasteiger partial charge in [0, 0.05) is 23.7 Å². The minimum atomic E-state index is -2.39. The first-order valence-corrected chi connectivity index (χ1v) is 18.7. The Hall–Kier alpha value is -3.34. The summed E-state index contributed by atoms with van der Waals surface area (Å²) in [6.07, 6.45) is 4.70. The molecule has 10 nitrogen and oxygen atoms in total. The Labute approximate surface area is 301 Å². The number of Topliss-reactive ketones (excluding diaryl/α,β-unsaturated/α-hetero) is 1. The Balaban J connectivity index is 1.58. The van der Waals surface area contributed by atoms with Crippen LogP contribution in [0.2, 0.25) is 0 Å². The molecular weight excluding hydrogens is 652 g/mol. The van der Waals surface area contributed by atoms with E-state index in [1.165, 1.54) is 6.08 Å². The van der Waals surface area contributed by atoms with E-state index in [9.17, 15) is 29.7 Å². The van der Waals surface area contributed by atoms with Crippen molar-refractivity contribution in [1.82, 2.24) is 0 Å². The van der Waals surface area contributed by atoms with Gasteiger partial charge in [-0.05, 0) is 54.9 Å². The van der Waals surface area contributed by atoms with Crippen LogP contribution >= 0.6 is 0 Å². The summed E-state index contributed by atoms with van der Waals surface area (Å²) in [5.41, 5.74) is -5.70. The monoisotopic (exact) mass is 708 g/mol. The van der Waals surface area contributed by atoms with Crippen molar-refractivity contribution in [2.45, 2.75) is 117 Å². The number of aliphatic hydroxyl groups is 3. The van der Waals surface area contributed by atoms with Crippen molar-refractivity contribution in [1.29, 1.82) is 0 Å². The summed E-state index contributed by atoms with van der Waals surface area (Å²) in [5.74, 6) is -4.90. The molecular formula is C41H56O10. The fourth-order valence-corrected chi connectivity index (χ4v) is 9.30. The first-order valence-electron chi connectivity index (χ1n) is 18.7. The van der Waals surface area contributed by atoms with Crippen LogP contribution in [-0.2, 0) is 28.6 Å². The summed E-state index contributed by atoms with van der Waals surface area (Å²) >= 11 is 0. The predicted octanol–water partition coefficient (Wildman–Crippen LogP) is 5.52. The second-order valence-electron chi connectivity index (χ2n) is 16.1. The third-order valence-electron chi connectivity index (χ3n) is 12.7. The molecule has 4 aliphatic rings. The number of ether oxygens (including phenoxy) is 3. The molecule has 3 N–H and O–H groups in total. The van der Waals surface area contributed by atoms with E-state index in [0.29, 0.717) is 17.6 Å². The van der Waals surface area contributed by atoms with Crippen LogP contribution in [0.15, 0.2) is 53.6 Å². The highest BCUT2D eigenvalue weighted by Crippen LogP contribution is 2.75. The highest BCUT2D eigenvalue weighted by atomic mass is 16.6. The van der Waals surface area contributed by atoms with E-state index in [4.69, 9.17) is 14.2 Å².